The predicted octanol–water partition coefficient (Wildman–Crippen LogP) is 5.11. The molecule has 4 aromatic heterocycles. The number of anilines is 4. The Morgan fingerprint density at radius 2 is 1.97 bits per heavy atom. The lowest BCUT2D eigenvalue weighted by atomic mass is 10.2. The number of pyridine rings is 1. The van der Waals surface area contributed by atoms with Crippen LogP contribution >= 0.6 is 22.7 Å². The molecule has 0 bridgehead atoms. The third kappa shape index (κ3) is 3.66. The van der Waals surface area contributed by atoms with Gasteiger partial charge in [0.2, 0.25) is 0 Å². The van der Waals surface area contributed by atoms with Gasteiger partial charge < -0.3 is 21.5 Å². The smallest absolute Gasteiger partial charge is 0.265 e. The van der Waals surface area contributed by atoms with E-state index in [-0.39, 0.29) is 11.7 Å². The summed E-state index contributed by atoms with van der Waals surface area (Å²) in [6, 6.07) is 14.1. The third-order valence-corrected chi connectivity index (χ3v) is 6.58. The molecule has 32 heavy (non-hydrogen) atoms. The van der Waals surface area contributed by atoms with Crippen LogP contribution < -0.4 is 16.4 Å². The largest absolute Gasteiger partial charge is 0.504 e. The first kappa shape index (κ1) is 20.0. The van der Waals surface area contributed by atoms with Gasteiger partial charge in [-0.05, 0) is 43.3 Å². The Morgan fingerprint density at radius 1 is 1.12 bits per heavy atom. The fourth-order valence-electron chi connectivity index (χ4n) is 3.34. The standard InChI is InChI=1S/C22H18N6O2S2/c1-12-19(28-10-4-7-16(29)20(28)24-12)15-11-31-22(26-15)27-18-9-8-17(32-18)21(30)25-14-6-3-2-5-13(14)23/h2-11,29H,23H2,1H3,(H,25,30)(H,26,27). The third-order valence-electron chi connectivity index (χ3n) is 4.82. The molecule has 0 spiro atoms. The minimum Gasteiger partial charge on any atom is -0.504 e. The van der Waals surface area contributed by atoms with Crippen molar-refractivity contribution in [3.63, 3.8) is 0 Å². The Labute approximate surface area is 191 Å². The van der Waals surface area contributed by atoms with E-state index in [1.54, 1.807) is 30.3 Å². The fraction of sp³-hybridized carbons (Fsp3) is 0.0455. The number of benzene rings is 1. The van der Waals surface area contributed by atoms with Crippen molar-refractivity contribution >= 4 is 55.7 Å². The number of aryl methyl sites for hydroxylation is 1. The number of aromatic nitrogens is 3. The molecule has 0 fully saturated rings. The molecule has 0 saturated heterocycles. The van der Waals surface area contributed by atoms with Crippen molar-refractivity contribution < 1.29 is 9.90 Å². The molecule has 1 aromatic carbocycles. The highest BCUT2D eigenvalue weighted by Crippen LogP contribution is 2.33. The van der Waals surface area contributed by atoms with Crippen LogP contribution in [0.15, 0.2) is 60.1 Å². The van der Waals surface area contributed by atoms with Crippen molar-refractivity contribution in [2.75, 3.05) is 16.4 Å². The molecule has 0 aliphatic carbocycles. The summed E-state index contributed by atoms with van der Waals surface area (Å²) in [7, 11) is 0. The lowest BCUT2D eigenvalue weighted by Gasteiger charge is -2.06. The van der Waals surface area contributed by atoms with Gasteiger partial charge in [-0.1, -0.05) is 12.1 Å². The summed E-state index contributed by atoms with van der Waals surface area (Å²) in [6.45, 7) is 1.89. The second kappa shape index (κ2) is 7.98. The maximum absolute atomic E-state index is 12.6. The molecule has 0 unspecified atom stereocenters. The Balaban J connectivity index is 1.35. The minimum atomic E-state index is -0.220. The molecule has 4 heterocycles. The minimum absolute atomic E-state index is 0.122. The number of fused-ring (bicyclic) bond motifs is 1. The Hall–Kier alpha value is -3.89. The van der Waals surface area contributed by atoms with Crippen LogP contribution in [0.1, 0.15) is 15.4 Å². The van der Waals surface area contributed by atoms with Gasteiger partial charge in [0.1, 0.15) is 5.69 Å². The number of hydrogen-bond acceptors (Lipinski definition) is 8. The first-order chi connectivity index (χ1) is 15.5. The van der Waals surface area contributed by atoms with Gasteiger partial charge in [-0.3, -0.25) is 9.20 Å². The van der Waals surface area contributed by atoms with Gasteiger partial charge in [-0.25, -0.2) is 9.97 Å². The van der Waals surface area contributed by atoms with Gasteiger partial charge >= 0.3 is 0 Å². The summed E-state index contributed by atoms with van der Waals surface area (Å²) in [4.78, 5) is 22.2. The van der Waals surface area contributed by atoms with Gasteiger partial charge in [-0.15, -0.1) is 22.7 Å². The Kier molecular flexibility index (Phi) is 5.00. The van der Waals surface area contributed by atoms with E-state index in [0.717, 1.165) is 22.1 Å². The maximum Gasteiger partial charge on any atom is 0.265 e. The van der Waals surface area contributed by atoms with E-state index < -0.39 is 0 Å². The van der Waals surface area contributed by atoms with Crippen molar-refractivity contribution in [2.45, 2.75) is 6.92 Å². The van der Waals surface area contributed by atoms with Crippen molar-refractivity contribution in [2.24, 2.45) is 0 Å². The van der Waals surface area contributed by atoms with Crippen LogP contribution in [0.4, 0.5) is 21.5 Å². The van der Waals surface area contributed by atoms with E-state index in [4.69, 9.17) is 5.73 Å². The number of imidazole rings is 1. The molecule has 5 aromatic rings. The van der Waals surface area contributed by atoms with Crippen LogP contribution in [0, 0.1) is 6.92 Å². The SMILES string of the molecule is Cc1nc2c(O)cccn2c1-c1csc(Nc2ccc(C(=O)Nc3ccccc3N)s2)n1. The van der Waals surface area contributed by atoms with Gasteiger partial charge in [0.05, 0.1) is 32.6 Å². The number of rotatable bonds is 5. The van der Waals surface area contributed by atoms with Crippen molar-refractivity contribution in [3.05, 3.63) is 70.7 Å². The molecule has 0 aliphatic rings. The summed E-state index contributed by atoms with van der Waals surface area (Å²) in [5, 5.41) is 19.6. The van der Waals surface area contributed by atoms with Gasteiger partial charge in [0, 0.05) is 11.6 Å². The number of nitrogen functional groups attached to an aromatic ring is 1. The van der Waals surface area contributed by atoms with E-state index in [1.165, 1.54) is 22.7 Å². The van der Waals surface area contributed by atoms with Crippen LogP contribution in [0.2, 0.25) is 0 Å². The van der Waals surface area contributed by atoms with Crippen molar-refractivity contribution in [3.8, 4) is 17.1 Å². The average Bonchev–Trinajstić information content (AvgIpc) is 3.49. The zero-order chi connectivity index (χ0) is 22.2. The number of thiazole rings is 1. The van der Waals surface area contributed by atoms with Crippen molar-refractivity contribution in [1.29, 1.82) is 0 Å². The number of thiophene rings is 1. The average molecular weight is 463 g/mol. The van der Waals surface area contributed by atoms with E-state index >= 15 is 0 Å². The first-order valence-electron chi connectivity index (χ1n) is 9.65. The van der Waals surface area contributed by atoms with Crippen LogP contribution in [-0.4, -0.2) is 25.4 Å². The molecule has 8 nitrogen and oxygen atoms in total. The number of nitrogens with one attached hydrogen (secondary N) is 2. The highest BCUT2D eigenvalue weighted by atomic mass is 32.1. The highest BCUT2D eigenvalue weighted by Gasteiger charge is 2.17. The van der Waals surface area contributed by atoms with Crippen LogP contribution in [0.5, 0.6) is 5.75 Å². The number of para-hydroxylation sites is 2. The summed E-state index contributed by atoms with van der Waals surface area (Å²) in [5.74, 6) is -0.0981. The molecule has 5 rings (SSSR count). The number of hydrogen-bond donors (Lipinski definition) is 4. The topological polar surface area (TPSA) is 118 Å². The molecule has 0 saturated carbocycles. The quantitative estimate of drug-likeness (QED) is 0.270. The molecular formula is C22H18N6O2S2. The van der Waals surface area contributed by atoms with Crippen LogP contribution in [0.25, 0.3) is 17.0 Å². The molecule has 5 N–H and O–H groups in total. The number of nitrogens with zero attached hydrogens (tertiary/aromatic N) is 3. The molecule has 0 radical (unpaired) electrons. The molecule has 160 valence electrons. The summed E-state index contributed by atoms with van der Waals surface area (Å²) in [5.41, 5.74) is 9.85. The van der Waals surface area contributed by atoms with E-state index in [9.17, 15) is 9.90 Å². The zero-order valence-electron chi connectivity index (χ0n) is 16.9. The molecule has 0 atom stereocenters. The lowest BCUT2D eigenvalue weighted by Crippen LogP contribution is -2.11. The summed E-state index contributed by atoms with van der Waals surface area (Å²) >= 11 is 2.78. The normalized spacial score (nSPS) is 11.0. The number of carbonyl (C=O) groups excluding carboxylic acids is 1. The fourth-order valence-corrected chi connectivity index (χ4v) is 4.92. The molecule has 0 aliphatic heterocycles. The van der Waals surface area contributed by atoms with Gasteiger partial charge in [0.15, 0.2) is 16.5 Å². The monoisotopic (exact) mass is 462 g/mol. The molecule has 10 heteroatoms. The Bertz CT molecular complexity index is 1450. The zero-order valence-corrected chi connectivity index (χ0v) is 18.5. The first-order valence-corrected chi connectivity index (χ1v) is 11.3. The summed E-state index contributed by atoms with van der Waals surface area (Å²) in [6.07, 6.45) is 1.85. The van der Waals surface area contributed by atoms with Gasteiger partial charge in [-0.2, -0.15) is 0 Å². The van der Waals surface area contributed by atoms with E-state index in [2.05, 4.69) is 20.6 Å². The summed E-state index contributed by atoms with van der Waals surface area (Å²) < 4.78 is 1.83. The number of aromatic hydroxyl groups is 1. The van der Waals surface area contributed by atoms with E-state index in [0.29, 0.717) is 27.0 Å². The van der Waals surface area contributed by atoms with Crippen LogP contribution in [0.3, 0.4) is 0 Å². The second-order valence-corrected chi connectivity index (χ2v) is 8.94. The lowest BCUT2D eigenvalue weighted by molar-refractivity contribution is 0.103. The molecular weight excluding hydrogens is 444 g/mol. The highest BCUT2D eigenvalue weighted by molar-refractivity contribution is 7.19. The maximum atomic E-state index is 12.6. The molecule has 1 amide bonds. The number of nitrogens with two attached hydrogens (primary N) is 1. The second-order valence-electron chi connectivity index (χ2n) is 7.00. The van der Waals surface area contributed by atoms with Crippen LogP contribution in [-0.2, 0) is 0 Å². The van der Waals surface area contributed by atoms with Gasteiger partial charge in [0.25, 0.3) is 5.91 Å². The predicted molar refractivity (Wildman–Crippen MR) is 129 cm³/mol. The number of amides is 1. The number of carbonyl (C=O) groups is 1. The van der Waals surface area contributed by atoms with E-state index in [1.807, 2.05) is 41.1 Å². The Morgan fingerprint density at radius 3 is 2.81 bits per heavy atom. The van der Waals surface area contributed by atoms with Crippen molar-refractivity contribution in [1.82, 2.24) is 14.4 Å².